The Morgan fingerprint density at radius 1 is 1.00 bits per heavy atom. The molecule has 0 saturated carbocycles. The van der Waals surface area contributed by atoms with Gasteiger partial charge in [-0.2, -0.15) is 0 Å². The highest BCUT2D eigenvalue weighted by atomic mass is 16.2. The molecule has 0 amide bonds. The Balaban J connectivity index is 1.71. The molecule has 1 spiro atoms. The van der Waals surface area contributed by atoms with Gasteiger partial charge in [-0.05, 0) is 51.1 Å². The van der Waals surface area contributed by atoms with Gasteiger partial charge < -0.3 is 10.2 Å². The van der Waals surface area contributed by atoms with E-state index in [1.165, 1.54) is 12.8 Å². The first-order valence-electron chi connectivity index (χ1n) is 6.89. The lowest BCUT2D eigenvalue weighted by Crippen LogP contribution is -2.50. The summed E-state index contributed by atoms with van der Waals surface area (Å²) < 4.78 is 0. The summed E-state index contributed by atoms with van der Waals surface area (Å²) in [6, 6.07) is 0. The summed E-state index contributed by atoms with van der Waals surface area (Å²) in [5, 5.41) is 3.41. The zero-order chi connectivity index (χ0) is 12.8. The maximum Gasteiger partial charge on any atom is 0.249 e. The topological polar surface area (TPSA) is 49.4 Å². The summed E-state index contributed by atoms with van der Waals surface area (Å²) in [5.74, 6) is 0. The molecule has 2 saturated heterocycles. The van der Waals surface area contributed by atoms with Gasteiger partial charge in [0.05, 0.1) is 5.69 Å². The van der Waals surface area contributed by atoms with Gasteiger partial charge in [0, 0.05) is 18.7 Å². The monoisotopic (exact) mass is 248 g/mol. The van der Waals surface area contributed by atoms with E-state index in [1.54, 1.807) is 6.92 Å². The molecular formula is C14H20N2O2. The van der Waals surface area contributed by atoms with Crippen molar-refractivity contribution in [3.8, 4) is 0 Å². The van der Waals surface area contributed by atoms with Crippen molar-refractivity contribution in [2.45, 2.75) is 32.6 Å². The molecule has 3 rings (SSSR count). The third-order valence-corrected chi connectivity index (χ3v) is 4.92. The predicted octanol–water partition coefficient (Wildman–Crippen LogP) is 0.561. The lowest BCUT2D eigenvalue weighted by Gasteiger charge is -2.45. The van der Waals surface area contributed by atoms with E-state index < -0.39 is 0 Å². The second-order valence-corrected chi connectivity index (χ2v) is 5.87. The minimum atomic E-state index is -0.285. The summed E-state index contributed by atoms with van der Waals surface area (Å²) in [7, 11) is 0. The lowest BCUT2D eigenvalue weighted by atomic mass is 9.71. The van der Waals surface area contributed by atoms with Crippen LogP contribution in [0.2, 0.25) is 0 Å². The maximum atomic E-state index is 11.6. The molecule has 2 fully saturated rings. The van der Waals surface area contributed by atoms with Gasteiger partial charge in [-0.15, -0.1) is 0 Å². The summed E-state index contributed by atoms with van der Waals surface area (Å²) >= 11 is 0. The first-order chi connectivity index (χ1) is 8.63. The van der Waals surface area contributed by atoms with Gasteiger partial charge in [-0.1, -0.05) is 0 Å². The zero-order valence-corrected chi connectivity index (χ0v) is 10.9. The summed E-state index contributed by atoms with van der Waals surface area (Å²) in [4.78, 5) is 25.0. The van der Waals surface area contributed by atoms with E-state index in [4.69, 9.17) is 0 Å². The predicted molar refractivity (Wildman–Crippen MR) is 72.1 cm³/mol. The van der Waals surface area contributed by atoms with Crippen molar-refractivity contribution >= 4 is 5.69 Å². The van der Waals surface area contributed by atoms with E-state index in [1.807, 2.05) is 0 Å². The Bertz CT molecular complexity index is 512. The van der Waals surface area contributed by atoms with Crippen LogP contribution in [0.15, 0.2) is 9.59 Å². The first-order valence-corrected chi connectivity index (χ1v) is 6.89. The van der Waals surface area contributed by atoms with E-state index in [0.717, 1.165) is 39.0 Å². The van der Waals surface area contributed by atoms with Gasteiger partial charge in [-0.25, -0.2) is 0 Å². The molecule has 1 N–H and O–H groups in total. The fourth-order valence-corrected chi connectivity index (χ4v) is 3.54. The maximum absolute atomic E-state index is 11.6. The number of hydrogen-bond acceptors (Lipinski definition) is 4. The van der Waals surface area contributed by atoms with Crippen LogP contribution in [0, 0.1) is 12.3 Å². The van der Waals surface area contributed by atoms with Crippen molar-refractivity contribution in [2.24, 2.45) is 5.41 Å². The van der Waals surface area contributed by atoms with Crippen LogP contribution < -0.4 is 21.1 Å². The number of piperidine rings is 2. The highest BCUT2D eigenvalue weighted by Gasteiger charge is 2.37. The summed E-state index contributed by atoms with van der Waals surface area (Å²) in [6.07, 6.45) is 4.83. The van der Waals surface area contributed by atoms with Gasteiger partial charge in [0.1, 0.15) is 0 Å². The van der Waals surface area contributed by atoms with Crippen LogP contribution in [0.5, 0.6) is 0 Å². The van der Waals surface area contributed by atoms with E-state index in [9.17, 15) is 9.59 Å². The van der Waals surface area contributed by atoms with E-state index >= 15 is 0 Å². The number of nitrogens with one attached hydrogen (secondary N) is 1. The van der Waals surface area contributed by atoms with Crippen molar-refractivity contribution in [3.05, 3.63) is 26.0 Å². The van der Waals surface area contributed by atoms with E-state index in [-0.39, 0.29) is 10.9 Å². The van der Waals surface area contributed by atoms with Crippen molar-refractivity contribution in [1.29, 1.82) is 0 Å². The first kappa shape index (κ1) is 11.9. The Morgan fingerprint density at radius 2 is 1.61 bits per heavy atom. The number of rotatable bonds is 1. The van der Waals surface area contributed by atoms with Gasteiger partial charge >= 0.3 is 0 Å². The third kappa shape index (κ3) is 1.70. The summed E-state index contributed by atoms with van der Waals surface area (Å²) in [5.41, 5.74) is 1.30. The number of nitrogens with zero attached hydrogens (tertiary/aromatic N) is 1. The van der Waals surface area contributed by atoms with Crippen molar-refractivity contribution in [1.82, 2.24) is 5.32 Å². The molecule has 4 heteroatoms. The van der Waals surface area contributed by atoms with E-state index in [0.29, 0.717) is 16.7 Å². The van der Waals surface area contributed by atoms with Crippen LogP contribution in [0.4, 0.5) is 5.69 Å². The standard InChI is InChI=1S/C14H20N2O2/c1-10-11(13(18)12(10)17)16-8-4-14(5-9-16)2-6-15-7-3-14/h15H,2-9H2,1H3. The van der Waals surface area contributed by atoms with Crippen LogP contribution in [0.25, 0.3) is 0 Å². The Labute approximate surface area is 107 Å². The van der Waals surface area contributed by atoms with Gasteiger partial charge in [0.15, 0.2) is 0 Å². The molecule has 0 aromatic heterocycles. The highest BCUT2D eigenvalue weighted by molar-refractivity contribution is 5.58. The SMILES string of the molecule is Cc1c(N2CCC3(CCNCC3)CC2)c(=O)c1=O. The number of anilines is 1. The third-order valence-electron chi connectivity index (χ3n) is 4.92. The Kier molecular flexibility index (Phi) is 2.77. The van der Waals surface area contributed by atoms with Crippen LogP contribution in [-0.2, 0) is 0 Å². The lowest BCUT2D eigenvalue weighted by molar-refractivity contribution is 0.154. The molecule has 1 aromatic rings. The van der Waals surface area contributed by atoms with Crippen LogP contribution in [0.3, 0.4) is 0 Å². The molecule has 4 nitrogen and oxygen atoms in total. The quantitative estimate of drug-likeness (QED) is 0.738. The molecule has 2 heterocycles. The fourth-order valence-electron chi connectivity index (χ4n) is 3.54. The van der Waals surface area contributed by atoms with Crippen molar-refractivity contribution < 1.29 is 0 Å². The molecule has 2 aliphatic heterocycles. The van der Waals surface area contributed by atoms with E-state index in [2.05, 4.69) is 10.2 Å². The van der Waals surface area contributed by atoms with Crippen LogP contribution in [0.1, 0.15) is 31.2 Å². The molecule has 0 bridgehead atoms. The van der Waals surface area contributed by atoms with Gasteiger partial charge in [-0.3, -0.25) is 9.59 Å². The Hall–Kier alpha value is -1.16. The molecular weight excluding hydrogens is 228 g/mol. The largest absolute Gasteiger partial charge is 0.368 e. The molecule has 0 aliphatic carbocycles. The minimum absolute atomic E-state index is 0.270. The Morgan fingerprint density at radius 3 is 2.17 bits per heavy atom. The molecule has 1 aromatic carbocycles. The fraction of sp³-hybridized carbons (Fsp3) is 0.714. The molecule has 98 valence electrons. The second-order valence-electron chi connectivity index (χ2n) is 5.87. The van der Waals surface area contributed by atoms with Crippen molar-refractivity contribution in [3.63, 3.8) is 0 Å². The zero-order valence-electron chi connectivity index (χ0n) is 10.9. The smallest absolute Gasteiger partial charge is 0.249 e. The van der Waals surface area contributed by atoms with Gasteiger partial charge in [0.25, 0.3) is 0 Å². The average Bonchev–Trinajstić information content (AvgIpc) is 2.42. The minimum Gasteiger partial charge on any atom is -0.368 e. The normalized spacial score (nSPS) is 23.7. The molecule has 2 aliphatic rings. The van der Waals surface area contributed by atoms with Gasteiger partial charge in [0.2, 0.25) is 10.9 Å². The molecule has 18 heavy (non-hydrogen) atoms. The molecule has 0 unspecified atom stereocenters. The number of hydrogen-bond donors (Lipinski definition) is 1. The second kappa shape index (κ2) is 4.19. The molecule has 0 radical (unpaired) electrons. The van der Waals surface area contributed by atoms with Crippen LogP contribution >= 0.6 is 0 Å². The van der Waals surface area contributed by atoms with Crippen LogP contribution in [-0.4, -0.2) is 26.2 Å². The molecule has 0 atom stereocenters. The highest BCUT2D eigenvalue weighted by Crippen LogP contribution is 2.40. The average molecular weight is 248 g/mol. The van der Waals surface area contributed by atoms with Crippen molar-refractivity contribution in [2.75, 3.05) is 31.1 Å². The summed E-state index contributed by atoms with van der Waals surface area (Å²) in [6.45, 7) is 5.89.